The van der Waals surface area contributed by atoms with Gasteiger partial charge in [-0.25, -0.2) is 4.79 Å². The lowest BCUT2D eigenvalue weighted by molar-refractivity contribution is -0.143. The molecule has 1 atom stereocenters. The molecular formula is C12H15N3O2. The molecule has 3 N–H and O–H groups in total. The van der Waals surface area contributed by atoms with Gasteiger partial charge in [-0.05, 0) is 32.0 Å². The average molecular weight is 233 g/mol. The number of nitrogens with one attached hydrogen (secondary N) is 1. The van der Waals surface area contributed by atoms with E-state index in [2.05, 4.69) is 5.32 Å². The van der Waals surface area contributed by atoms with Crippen LogP contribution in [0.2, 0.25) is 0 Å². The Morgan fingerprint density at radius 3 is 2.94 bits per heavy atom. The third kappa shape index (κ3) is 3.38. The first-order chi connectivity index (χ1) is 8.08. The molecule has 0 aliphatic heterocycles. The Labute approximate surface area is 100 Å². The number of benzene rings is 1. The van der Waals surface area contributed by atoms with Crippen LogP contribution in [0.4, 0.5) is 11.4 Å². The summed E-state index contributed by atoms with van der Waals surface area (Å²) in [7, 11) is 0. The molecule has 0 saturated heterocycles. The topological polar surface area (TPSA) is 88.1 Å². The van der Waals surface area contributed by atoms with Gasteiger partial charge in [0.2, 0.25) is 0 Å². The molecule has 5 nitrogen and oxygen atoms in total. The maximum absolute atomic E-state index is 11.4. The van der Waals surface area contributed by atoms with E-state index in [1.165, 1.54) is 0 Å². The zero-order valence-corrected chi connectivity index (χ0v) is 9.86. The Bertz CT molecular complexity index is 452. The van der Waals surface area contributed by atoms with Crippen LogP contribution in [0.5, 0.6) is 0 Å². The zero-order chi connectivity index (χ0) is 12.8. The number of rotatable bonds is 4. The van der Waals surface area contributed by atoms with Crippen molar-refractivity contribution in [3.8, 4) is 6.07 Å². The summed E-state index contributed by atoms with van der Waals surface area (Å²) in [6.45, 7) is 3.79. The van der Waals surface area contributed by atoms with Crippen molar-refractivity contribution in [2.75, 3.05) is 17.7 Å². The Hall–Kier alpha value is -2.22. The van der Waals surface area contributed by atoms with E-state index in [9.17, 15) is 4.79 Å². The highest BCUT2D eigenvalue weighted by atomic mass is 16.5. The number of ether oxygens (including phenoxy) is 1. The van der Waals surface area contributed by atoms with Gasteiger partial charge in [0.05, 0.1) is 12.2 Å². The molecule has 1 aromatic rings. The molecule has 5 heteroatoms. The Kier molecular flexibility index (Phi) is 4.35. The molecule has 0 fully saturated rings. The van der Waals surface area contributed by atoms with E-state index >= 15 is 0 Å². The fourth-order valence-corrected chi connectivity index (χ4v) is 1.32. The monoisotopic (exact) mass is 233 g/mol. The molecule has 90 valence electrons. The molecule has 17 heavy (non-hydrogen) atoms. The van der Waals surface area contributed by atoms with Gasteiger partial charge in [-0.15, -0.1) is 0 Å². The minimum atomic E-state index is -0.467. The molecule has 0 aromatic heterocycles. The SMILES string of the molecule is CCOC(=O)C(C)Nc1ccc(N)c(C#N)c1. The third-order valence-corrected chi connectivity index (χ3v) is 2.20. The molecule has 1 rings (SSSR count). The van der Waals surface area contributed by atoms with E-state index in [0.717, 1.165) is 0 Å². The number of anilines is 2. The normalized spacial score (nSPS) is 11.4. The smallest absolute Gasteiger partial charge is 0.328 e. The minimum Gasteiger partial charge on any atom is -0.464 e. The van der Waals surface area contributed by atoms with Gasteiger partial charge in [0.1, 0.15) is 12.1 Å². The van der Waals surface area contributed by atoms with Crippen LogP contribution in [0.3, 0.4) is 0 Å². The van der Waals surface area contributed by atoms with Gasteiger partial charge in [0.25, 0.3) is 0 Å². The van der Waals surface area contributed by atoms with Gasteiger partial charge >= 0.3 is 5.97 Å². The van der Waals surface area contributed by atoms with Crippen LogP contribution < -0.4 is 11.1 Å². The number of nitrogen functional groups attached to an aromatic ring is 1. The molecule has 0 amide bonds. The quantitative estimate of drug-likeness (QED) is 0.607. The van der Waals surface area contributed by atoms with Crippen LogP contribution in [0.25, 0.3) is 0 Å². The summed E-state index contributed by atoms with van der Waals surface area (Å²) in [4.78, 5) is 11.4. The Morgan fingerprint density at radius 1 is 1.65 bits per heavy atom. The lowest BCUT2D eigenvalue weighted by Gasteiger charge is -2.14. The summed E-state index contributed by atoms with van der Waals surface area (Å²) in [6, 6.07) is 6.45. The molecule has 1 unspecified atom stereocenters. The largest absolute Gasteiger partial charge is 0.464 e. The molecule has 0 saturated carbocycles. The lowest BCUT2D eigenvalue weighted by Crippen LogP contribution is -2.28. The standard InChI is InChI=1S/C12H15N3O2/c1-3-17-12(16)8(2)15-10-4-5-11(14)9(6-10)7-13/h4-6,8,15H,3,14H2,1-2H3. The van der Waals surface area contributed by atoms with Gasteiger partial charge in [0, 0.05) is 11.4 Å². The van der Waals surface area contributed by atoms with E-state index in [4.69, 9.17) is 15.7 Å². The fourth-order valence-electron chi connectivity index (χ4n) is 1.32. The molecule has 0 bridgehead atoms. The van der Waals surface area contributed by atoms with Gasteiger partial charge in [-0.3, -0.25) is 0 Å². The predicted octanol–water partition coefficient (Wildman–Crippen LogP) is 1.50. The first-order valence-electron chi connectivity index (χ1n) is 5.31. The van der Waals surface area contributed by atoms with Gasteiger partial charge in [-0.1, -0.05) is 0 Å². The summed E-state index contributed by atoms with van der Waals surface area (Å²) >= 11 is 0. The minimum absolute atomic E-state index is 0.331. The van der Waals surface area contributed by atoms with Crippen molar-refractivity contribution in [1.82, 2.24) is 0 Å². The van der Waals surface area contributed by atoms with Crippen LogP contribution in [-0.2, 0) is 9.53 Å². The number of hydrogen-bond donors (Lipinski definition) is 2. The molecule has 0 heterocycles. The van der Waals surface area contributed by atoms with E-state index in [-0.39, 0.29) is 5.97 Å². The molecular weight excluding hydrogens is 218 g/mol. The Morgan fingerprint density at radius 2 is 2.35 bits per heavy atom. The number of nitrogens with zero attached hydrogens (tertiary/aromatic N) is 1. The summed E-state index contributed by atoms with van der Waals surface area (Å²) in [5.41, 5.74) is 7.06. The van der Waals surface area contributed by atoms with Crippen LogP contribution in [0.1, 0.15) is 19.4 Å². The molecule has 0 radical (unpaired) electrons. The van der Waals surface area contributed by atoms with Crippen LogP contribution in [-0.4, -0.2) is 18.6 Å². The van der Waals surface area contributed by atoms with E-state index in [0.29, 0.717) is 23.5 Å². The third-order valence-electron chi connectivity index (χ3n) is 2.20. The predicted molar refractivity (Wildman–Crippen MR) is 65.3 cm³/mol. The van der Waals surface area contributed by atoms with Gasteiger partial charge in [0.15, 0.2) is 0 Å². The summed E-state index contributed by atoms with van der Waals surface area (Å²) in [5, 5.41) is 11.8. The zero-order valence-electron chi connectivity index (χ0n) is 9.86. The van der Waals surface area contributed by atoms with Crippen molar-refractivity contribution in [1.29, 1.82) is 5.26 Å². The maximum Gasteiger partial charge on any atom is 0.328 e. The van der Waals surface area contributed by atoms with Gasteiger partial charge < -0.3 is 15.8 Å². The maximum atomic E-state index is 11.4. The van der Waals surface area contributed by atoms with Crippen LogP contribution >= 0.6 is 0 Å². The van der Waals surface area contributed by atoms with E-state index < -0.39 is 6.04 Å². The highest BCUT2D eigenvalue weighted by Gasteiger charge is 2.13. The van der Waals surface area contributed by atoms with Crippen LogP contribution in [0.15, 0.2) is 18.2 Å². The molecule has 0 aliphatic carbocycles. The Balaban J connectivity index is 2.76. The number of nitrogens with two attached hydrogens (primary N) is 1. The van der Waals surface area contributed by atoms with Gasteiger partial charge in [-0.2, -0.15) is 5.26 Å². The number of carbonyl (C=O) groups excluding carboxylic acids is 1. The van der Waals surface area contributed by atoms with Crippen molar-refractivity contribution in [3.63, 3.8) is 0 Å². The number of hydrogen-bond acceptors (Lipinski definition) is 5. The van der Waals surface area contributed by atoms with Crippen LogP contribution in [0, 0.1) is 11.3 Å². The van der Waals surface area contributed by atoms with Crippen molar-refractivity contribution >= 4 is 17.3 Å². The first kappa shape index (κ1) is 12.8. The van der Waals surface area contributed by atoms with E-state index in [1.807, 2.05) is 6.07 Å². The highest BCUT2D eigenvalue weighted by molar-refractivity contribution is 5.79. The summed E-state index contributed by atoms with van der Waals surface area (Å²) < 4.78 is 4.87. The van der Waals surface area contributed by atoms with Crippen molar-refractivity contribution in [2.24, 2.45) is 0 Å². The number of esters is 1. The number of nitriles is 1. The molecule has 1 aromatic carbocycles. The second kappa shape index (κ2) is 5.75. The molecule has 0 spiro atoms. The average Bonchev–Trinajstić information content (AvgIpc) is 2.31. The fraction of sp³-hybridized carbons (Fsp3) is 0.333. The lowest BCUT2D eigenvalue weighted by atomic mass is 10.1. The second-order valence-corrected chi connectivity index (χ2v) is 3.53. The highest BCUT2D eigenvalue weighted by Crippen LogP contribution is 2.17. The first-order valence-corrected chi connectivity index (χ1v) is 5.31. The van der Waals surface area contributed by atoms with Crippen molar-refractivity contribution < 1.29 is 9.53 Å². The van der Waals surface area contributed by atoms with Crippen molar-refractivity contribution in [2.45, 2.75) is 19.9 Å². The summed E-state index contributed by atoms with van der Waals surface area (Å²) in [6.07, 6.45) is 0. The van der Waals surface area contributed by atoms with E-state index in [1.54, 1.807) is 32.0 Å². The second-order valence-electron chi connectivity index (χ2n) is 3.53. The number of carbonyl (C=O) groups is 1. The summed E-state index contributed by atoms with van der Waals surface area (Å²) in [5.74, 6) is -0.331. The molecule has 0 aliphatic rings. The van der Waals surface area contributed by atoms with Crippen molar-refractivity contribution in [3.05, 3.63) is 23.8 Å².